The average molecular weight is 391 g/mol. The Morgan fingerprint density at radius 1 is 1.11 bits per heavy atom. The number of benzene rings is 2. The minimum atomic E-state index is -3.37. The Morgan fingerprint density at radius 3 is 2.48 bits per heavy atom. The zero-order chi connectivity index (χ0) is 19.4. The Labute approximate surface area is 158 Å². The Balaban J connectivity index is 1.71. The number of carbonyl (C=O) groups excluding carboxylic acids is 1. The van der Waals surface area contributed by atoms with Gasteiger partial charge in [-0.2, -0.15) is 0 Å². The van der Waals surface area contributed by atoms with Crippen molar-refractivity contribution >= 4 is 15.7 Å². The van der Waals surface area contributed by atoms with Crippen LogP contribution >= 0.6 is 0 Å². The maximum atomic E-state index is 13.7. The van der Waals surface area contributed by atoms with Crippen LogP contribution in [-0.2, 0) is 14.6 Å². The van der Waals surface area contributed by atoms with Gasteiger partial charge >= 0.3 is 0 Å². The van der Waals surface area contributed by atoms with E-state index in [-0.39, 0.29) is 24.0 Å². The summed E-state index contributed by atoms with van der Waals surface area (Å²) in [6.45, 7) is 1.96. The summed E-state index contributed by atoms with van der Waals surface area (Å²) in [5.74, 6) is -0.991. The van der Waals surface area contributed by atoms with Crippen LogP contribution < -0.4 is 4.74 Å². The average Bonchev–Trinajstić information content (AvgIpc) is 2.81. The molecule has 0 unspecified atom stereocenters. The van der Waals surface area contributed by atoms with E-state index in [0.29, 0.717) is 13.0 Å². The summed E-state index contributed by atoms with van der Waals surface area (Å²) in [5, 5.41) is -0.626. The van der Waals surface area contributed by atoms with Gasteiger partial charge < -0.3 is 9.64 Å². The second kappa shape index (κ2) is 8.08. The summed E-state index contributed by atoms with van der Waals surface area (Å²) in [4.78, 5) is 14.2. The maximum absolute atomic E-state index is 13.7. The van der Waals surface area contributed by atoms with Gasteiger partial charge in [-0.05, 0) is 31.0 Å². The van der Waals surface area contributed by atoms with Crippen molar-refractivity contribution in [2.75, 3.05) is 18.8 Å². The number of amides is 1. The lowest BCUT2D eigenvalue weighted by atomic mass is 10.1. The fourth-order valence-corrected chi connectivity index (χ4v) is 5.04. The zero-order valence-electron chi connectivity index (χ0n) is 15.0. The summed E-state index contributed by atoms with van der Waals surface area (Å²) in [7, 11) is -3.37. The first kappa shape index (κ1) is 19.4. The molecule has 5 nitrogen and oxygen atoms in total. The summed E-state index contributed by atoms with van der Waals surface area (Å²) in [6.07, 6.45) is -0.581. The number of carbonyl (C=O) groups is 1. The molecular formula is C20H22FNO4S. The van der Waals surface area contributed by atoms with Crippen LogP contribution in [0.25, 0.3) is 0 Å². The monoisotopic (exact) mass is 391 g/mol. The smallest absolute Gasteiger partial charge is 0.263 e. The van der Waals surface area contributed by atoms with Crippen molar-refractivity contribution in [2.45, 2.75) is 24.7 Å². The molecule has 0 saturated carbocycles. The molecular weight excluding hydrogens is 369 g/mol. The van der Waals surface area contributed by atoms with Gasteiger partial charge in [0.25, 0.3) is 5.91 Å². The second-order valence-electron chi connectivity index (χ2n) is 6.57. The molecule has 27 heavy (non-hydrogen) atoms. The lowest BCUT2D eigenvalue weighted by Gasteiger charge is -2.24. The predicted octanol–water partition coefficient (Wildman–Crippen LogP) is 2.98. The first-order chi connectivity index (χ1) is 12.9. The Morgan fingerprint density at radius 2 is 1.78 bits per heavy atom. The molecule has 2 aromatic rings. The number of halogens is 1. The summed E-state index contributed by atoms with van der Waals surface area (Å²) < 4.78 is 44.5. The van der Waals surface area contributed by atoms with Crippen molar-refractivity contribution in [2.24, 2.45) is 0 Å². The molecule has 0 N–H and O–H groups in total. The van der Waals surface area contributed by atoms with Gasteiger partial charge in [-0.15, -0.1) is 0 Å². The van der Waals surface area contributed by atoms with E-state index >= 15 is 0 Å². The Hall–Kier alpha value is -2.41. The third-order valence-corrected chi connectivity index (χ3v) is 6.84. The van der Waals surface area contributed by atoms with E-state index in [1.807, 2.05) is 18.2 Å². The Bertz CT molecular complexity index is 901. The molecule has 1 fully saturated rings. The lowest BCUT2D eigenvalue weighted by molar-refractivity contribution is -0.137. The molecule has 3 rings (SSSR count). The largest absolute Gasteiger partial charge is 0.478 e. The number of ether oxygens (including phenoxy) is 1. The van der Waals surface area contributed by atoms with E-state index in [9.17, 15) is 17.6 Å². The van der Waals surface area contributed by atoms with Crippen LogP contribution in [0.3, 0.4) is 0 Å². The highest BCUT2D eigenvalue weighted by Crippen LogP contribution is 2.29. The first-order valence-corrected chi connectivity index (χ1v) is 10.6. The molecule has 0 spiro atoms. The van der Waals surface area contributed by atoms with Crippen LogP contribution in [0.1, 0.15) is 24.2 Å². The van der Waals surface area contributed by atoms with Gasteiger partial charge in [-0.3, -0.25) is 4.79 Å². The van der Waals surface area contributed by atoms with E-state index in [1.54, 1.807) is 25.1 Å². The normalized spacial score (nSPS) is 20.5. The van der Waals surface area contributed by atoms with E-state index < -0.39 is 27.0 Å². The molecule has 144 valence electrons. The van der Waals surface area contributed by atoms with Crippen molar-refractivity contribution in [1.82, 2.24) is 4.90 Å². The molecule has 0 radical (unpaired) electrons. The molecule has 1 saturated heterocycles. The van der Waals surface area contributed by atoms with Gasteiger partial charge in [0.1, 0.15) is 0 Å². The molecule has 1 aliphatic heterocycles. The number of hydrogen-bond acceptors (Lipinski definition) is 4. The van der Waals surface area contributed by atoms with Gasteiger partial charge in [-0.25, -0.2) is 12.8 Å². The summed E-state index contributed by atoms with van der Waals surface area (Å²) in [5.41, 5.74) is 0.738. The molecule has 2 aromatic carbocycles. The van der Waals surface area contributed by atoms with Crippen LogP contribution in [0.15, 0.2) is 54.6 Å². The van der Waals surface area contributed by atoms with E-state index in [2.05, 4.69) is 0 Å². The number of hydrogen-bond donors (Lipinski definition) is 0. The summed E-state index contributed by atoms with van der Waals surface area (Å²) in [6, 6.07) is 14.9. The molecule has 0 aliphatic carbocycles. The SMILES string of the molecule is C[C@@H](Oc1ccccc1F)C(=O)N1CC[C@@H](c2ccccc2)S(=O)(=O)CC1. The molecule has 7 heteroatoms. The van der Waals surface area contributed by atoms with E-state index in [4.69, 9.17) is 4.74 Å². The van der Waals surface area contributed by atoms with Crippen molar-refractivity contribution in [3.8, 4) is 5.75 Å². The molecule has 1 aliphatic rings. The van der Waals surface area contributed by atoms with Crippen molar-refractivity contribution in [3.05, 3.63) is 66.0 Å². The molecule has 1 amide bonds. The van der Waals surface area contributed by atoms with Gasteiger partial charge in [0, 0.05) is 13.1 Å². The van der Waals surface area contributed by atoms with Crippen LogP contribution in [0.5, 0.6) is 5.75 Å². The second-order valence-corrected chi connectivity index (χ2v) is 8.87. The third kappa shape index (κ3) is 4.47. The number of nitrogens with zero attached hydrogens (tertiary/aromatic N) is 1. The van der Waals surface area contributed by atoms with E-state index in [0.717, 1.165) is 5.56 Å². The predicted molar refractivity (Wildman–Crippen MR) is 101 cm³/mol. The molecule has 1 heterocycles. The van der Waals surface area contributed by atoms with Crippen molar-refractivity contribution < 1.29 is 22.3 Å². The van der Waals surface area contributed by atoms with Gasteiger partial charge in [0.15, 0.2) is 27.5 Å². The molecule has 0 aromatic heterocycles. The van der Waals surface area contributed by atoms with Crippen LogP contribution in [0.4, 0.5) is 4.39 Å². The highest BCUT2D eigenvalue weighted by molar-refractivity contribution is 7.91. The maximum Gasteiger partial charge on any atom is 0.263 e. The van der Waals surface area contributed by atoms with Crippen molar-refractivity contribution in [1.29, 1.82) is 0 Å². The fraction of sp³-hybridized carbons (Fsp3) is 0.350. The summed E-state index contributed by atoms with van der Waals surface area (Å²) >= 11 is 0. The zero-order valence-corrected chi connectivity index (χ0v) is 15.9. The highest BCUT2D eigenvalue weighted by Gasteiger charge is 2.34. The van der Waals surface area contributed by atoms with Crippen LogP contribution in [-0.4, -0.2) is 44.2 Å². The highest BCUT2D eigenvalue weighted by atomic mass is 32.2. The fourth-order valence-electron chi connectivity index (χ4n) is 3.24. The van der Waals surface area contributed by atoms with Crippen molar-refractivity contribution in [3.63, 3.8) is 0 Å². The molecule has 2 atom stereocenters. The number of para-hydroxylation sites is 1. The quantitative estimate of drug-likeness (QED) is 0.804. The number of sulfone groups is 1. The Kier molecular flexibility index (Phi) is 5.79. The van der Waals surface area contributed by atoms with E-state index in [1.165, 1.54) is 23.1 Å². The van der Waals surface area contributed by atoms with Gasteiger partial charge in [0.2, 0.25) is 0 Å². The minimum absolute atomic E-state index is 0.00274. The van der Waals surface area contributed by atoms with Crippen LogP contribution in [0, 0.1) is 5.82 Å². The topological polar surface area (TPSA) is 63.7 Å². The van der Waals surface area contributed by atoms with Gasteiger partial charge in [0.05, 0.1) is 11.0 Å². The minimum Gasteiger partial charge on any atom is -0.478 e. The van der Waals surface area contributed by atoms with Crippen LogP contribution in [0.2, 0.25) is 0 Å². The molecule has 0 bridgehead atoms. The first-order valence-electron chi connectivity index (χ1n) is 8.85. The van der Waals surface area contributed by atoms with Gasteiger partial charge in [-0.1, -0.05) is 42.5 Å². The lowest BCUT2D eigenvalue weighted by Crippen LogP contribution is -2.42. The standard InChI is InChI=1S/C20H22FNO4S/c1-15(26-18-10-6-5-9-17(18)21)20(23)22-12-11-19(27(24,25)14-13-22)16-7-3-2-4-8-16/h2-10,15,19H,11-14H2,1H3/t15-,19+/m1/s1. The number of rotatable bonds is 4. The third-order valence-electron chi connectivity index (χ3n) is 4.71.